The molecule has 0 radical (unpaired) electrons. The van der Waals surface area contributed by atoms with E-state index in [1.165, 1.54) is 0 Å². The fraction of sp³-hybridized carbons (Fsp3) is 0.400. The van der Waals surface area contributed by atoms with E-state index in [9.17, 15) is 8.42 Å². The standard InChI is InChI=1S/C15H20IN3O2S/c1-10-14(11(2)19(17-10)15(3,4)5)22(20,21)18-13-9-7-6-8-12(13)16/h6-9,18H,1-5H3. The molecule has 0 saturated carbocycles. The molecule has 0 aliphatic rings. The monoisotopic (exact) mass is 433 g/mol. The molecule has 0 aliphatic heterocycles. The van der Waals surface area contributed by atoms with Crippen LogP contribution in [0.1, 0.15) is 32.2 Å². The molecule has 22 heavy (non-hydrogen) atoms. The van der Waals surface area contributed by atoms with Crippen LogP contribution >= 0.6 is 22.6 Å². The van der Waals surface area contributed by atoms with E-state index in [0.29, 0.717) is 17.1 Å². The Morgan fingerprint density at radius 1 is 1.18 bits per heavy atom. The Hall–Kier alpha value is -1.09. The third-order valence-corrected chi connectivity index (χ3v) is 5.80. The first-order valence-electron chi connectivity index (χ1n) is 6.88. The Kier molecular flexibility index (Phi) is 4.59. The van der Waals surface area contributed by atoms with Gasteiger partial charge in [-0.1, -0.05) is 12.1 Å². The van der Waals surface area contributed by atoms with Gasteiger partial charge in [0.05, 0.1) is 22.6 Å². The average molecular weight is 433 g/mol. The summed E-state index contributed by atoms with van der Waals surface area (Å²) in [6.45, 7) is 9.50. The maximum Gasteiger partial charge on any atom is 0.265 e. The van der Waals surface area contributed by atoms with E-state index in [1.807, 2.05) is 32.9 Å². The molecule has 0 fully saturated rings. The van der Waals surface area contributed by atoms with E-state index < -0.39 is 10.0 Å². The molecule has 0 saturated heterocycles. The second-order valence-corrected chi connectivity index (χ2v) is 8.95. The molecular formula is C15H20IN3O2S. The molecule has 1 aromatic heterocycles. The van der Waals surface area contributed by atoms with Crippen LogP contribution in [-0.2, 0) is 15.6 Å². The normalized spacial score (nSPS) is 12.5. The van der Waals surface area contributed by atoms with E-state index in [1.54, 1.807) is 30.7 Å². The fourth-order valence-corrected chi connectivity index (χ4v) is 4.59. The van der Waals surface area contributed by atoms with E-state index in [-0.39, 0.29) is 10.4 Å². The number of sulfonamides is 1. The highest BCUT2D eigenvalue weighted by molar-refractivity contribution is 14.1. The van der Waals surface area contributed by atoms with Gasteiger partial charge in [-0.05, 0) is 69.3 Å². The van der Waals surface area contributed by atoms with Gasteiger partial charge in [-0.3, -0.25) is 9.40 Å². The summed E-state index contributed by atoms with van der Waals surface area (Å²) < 4.78 is 30.8. The minimum absolute atomic E-state index is 0.252. The number of aryl methyl sites for hydroxylation is 1. The molecule has 1 heterocycles. The van der Waals surface area contributed by atoms with Crippen molar-refractivity contribution in [2.24, 2.45) is 0 Å². The van der Waals surface area contributed by atoms with Crippen molar-refractivity contribution in [2.45, 2.75) is 45.1 Å². The quantitative estimate of drug-likeness (QED) is 0.752. The van der Waals surface area contributed by atoms with Crippen molar-refractivity contribution in [3.63, 3.8) is 0 Å². The molecule has 120 valence electrons. The number of nitrogens with one attached hydrogen (secondary N) is 1. The lowest BCUT2D eigenvalue weighted by Gasteiger charge is -2.21. The van der Waals surface area contributed by atoms with Gasteiger partial charge in [0, 0.05) is 3.57 Å². The van der Waals surface area contributed by atoms with Crippen LogP contribution in [0.25, 0.3) is 0 Å². The predicted octanol–water partition coefficient (Wildman–Crippen LogP) is 3.66. The van der Waals surface area contributed by atoms with Crippen molar-refractivity contribution in [1.29, 1.82) is 0 Å². The summed E-state index contributed by atoms with van der Waals surface area (Å²) >= 11 is 2.11. The first-order chi connectivity index (χ1) is 10.0. The summed E-state index contributed by atoms with van der Waals surface area (Å²) in [5, 5.41) is 4.41. The molecule has 0 spiro atoms. The van der Waals surface area contributed by atoms with Crippen LogP contribution in [0.3, 0.4) is 0 Å². The zero-order chi connectivity index (χ0) is 16.7. The van der Waals surface area contributed by atoms with Crippen LogP contribution in [0.2, 0.25) is 0 Å². The summed E-state index contributed by atoms with van der Waals surface area (Å²) in [6, 6.07) is 7.28. The van der Waals surface area contributed by atoms with Gasteiger partial charge in [-0.15, -0.1) is 0 Å². The van der Waals surface area contributed by atoms with E-state index in [4.69, 9.17) is 0 Å². The third kappa shape index (κ3) is 3.29. The lowest BCUT2D eigenvalue weighted by molar-refractivity contribution is 0.345. The SMILES string of the molecule is Cc1nn(C(C)(C)C)c(C)c1S(=O)(=O)Nc1ccccc1I. The summed E-state index contributed by atoms with van der Waals surface area (Å²) in [7, 11) is -3.67. The molecule has 2 rings (SSSR count). The molecular weight excluding hydrogens is 413 g/mol. The molecule has 0 atom stereocenters. The molecule has 0 amide bonds. The largest absolute Gasteiger partial charge is 0.278 e. The average Bonchev–Trinajstić information content (AvgIpc) is 2.68. The second kappa shape index (κ2) is 5.84. The Balaban J connectivity index is 2.52. The van der Waals surface area contributed by atoms with E-state index in [0.717, 1.165) is 3.57 Å². The first kappa shape index (κ1) is 17.3. The molecule has 7 heteroatoms. The maximum atomic E-state index is 12.8. The first-order valence-corrected chi connectivity index (χ1v) is 9.44. The molecule has 1 N–H and O–H groups in total. The summed E-state index contributed by atoms with van der Waals surface area (Å²) in [5.41, 5.74) is 1.45. The van der Waals surface area contributed by atoms with E-state index >= 15 is 0 Å². The highest BCUT2D eigenvalue weighted by Gasteiger charge is 2.28. The van der Waals surface area contributed by atoms with Crippen LogP contribution < -0.4 is 4.72 Å². The lowest BCUT2D eigenvalue weighted by atomic mass is 10.1. The molecule has 0 unspecified atom stereocenters. The number of aromatic nitrogens is 2. The number of hydrogen-bond donors (Lipinski definition) is 1. The Labute approximate surface area is 145 Å². The van der Waals surface area contributed by atoms with Crippen molar-refractivity contribution in [3.05, 3.63) is 39.2 Å². The van der Waals surface area contributed by atoms with Crippen molar-refractivity contribution in [3.8, 4) is 0 Å². The van der Waals surface area contributed by atoms with Gasteiger partial charge in [0.25, 0.3) is 10.0 Å². The molecule has 0 bridgehead atoms. The van der Waals surface area contributed by atoms with Gasteiger partial charge in [-0.25, -0.2) is 8.42 Å². The number of hydrogen-bond acceptors (Lipinski definition) is 3. The van der Waals surface area contributed by atoms with Gasteiger partial charge in [0.1, 0.15) is 4.90 Å². The van der Waals surface area contributed by atoms with Crippen molar-refractivity contribution >= 4 is 38.3 Å². The second-order valence-electron chi connectivity index (χ2n) is 6.17. The smallest absolute Gasteiger partial charge is 0.265 e. The highest BCUT2D eigenvalue weighted by Crippen LogP contribution is 2.28. The summed E-state index contributed by atoms with van der Waals surface area (Å²) in [5.74, 6) is 0. The van der Waals surface area contributed by atoms with Crippen LogP contribution in [-0.4, -0.2) is 18.2 Å². The highest BCUT2D eigenvalue weighted by atomic mass is 127. The molecule has 1 aromatic carbocycles. The van der Waals surface area contributed by atoms with Crippen LogP contribution in [0.5, 0.6) is 0 Å². The number of anilines is 1. The zero-order valence-corrected chi connectivity index (χ0v) is 16.3. The molecule has 2 aromatic rings. The third-order valence-electron chi connectivity index (χ3n) is 3.25. The number of benzene rings is 1. The predicted molar refractivity (Wildman–Crippen MR) is 96.7 cm³/mol. The van der Waals surface area contributed by atoms with Crippen LogP contribution in [0.4, 0.5) is 5.69 Å². The Morgan fingerprint density at radius 3 is 2.27 bits per heavy atom. The van der Waals surface area contributed by atoms with Crippen molar-refractivity contribution in [2.75, 3.05) is 4.72 Å². The Morgan fingerprint density at radius 2 is 1.77 bits per heavy atom. The van der Waals surface area contributed by atoms with E-state index in [2.05, 4.69) is 32.4 Å². The number of rotatable bonds is 3. The van der Waals surface area contributed by atoms with Crippen molar-refractivity contribution in [1.82, 2.24) is 9.78 Å². The summed E-state index contributed by atoms with van der Waals surface area (Å²) in [6.07, 6.45) is 0. The fourth-order valence-electron chi connectivity index (χ4n) is 2.41. The van der Waals surface area contributed by atoms with Gasteiger partial charge in [0.15, 0.2) is 0 Å². The Bertz CT molecular complexity index is 805. The molecule has 5 nitrogen and oxygen atoms in total. The minimum atomic E-state index is -3.67. The number of halogens is 1. The van der Waals surface area contributed by atoms with Crippen LogP contribution in [0, 0.1) is 17.4 Å². The van der Waals surface area contributed by atoms with Crippen molar-refractivity contribution < 1.29 is 8.42 Å². The minimum Gasteiger partial charge on any atom is -0.278 e. The van der Waals surface area contributed by atoms with Gasteiger partial charge >= 0.3 is 0 Å². The van der Waals surface area contributed by atoms with Crippen LogP contribution in [0.15, 0.2) is 29.2 Å². The van der Waals surface area contributed by atoms with Gasteiger partial charge in [0.2, 0.25) is 0 Å². The number of nitrogens with zero attached hydrogens (tertiary/aromatic N) is 2. The lowest BCUT2D eigenvalue weighted by Crippen LogP contribution is -2.25. The van der Waals surface area contributed by atoms with Gasteiger partial charge in [-0.2, -0.15) is 5.10 Å². The topological polar surface area (TPSA) is 64.0 Å². The zero-order valence-electron chi connectivity index (χ0n) is 13.3. The maximum absolute atomic E-state index is 12.8. The molecule has 0 aliphatic carbocycles. The van der Waals surface area contributed by atoms with Gasteiger partial charge < -0.3 is 0 Å². The number of para-hydroxylation sites is 1. The summed E-state index contributed by atoms with van der Waals surface area (Å²) in [4.78, 5) is 0.252.